The summed E-state index contributed by atoms with van der Waals surface area (Å²) >= 11 is 0. The van der Waals surface area contributed by atoms with Crippen molar-refractivity contribution >= 4 is 37.8 Å². The van der Waals surface area contributed by atoms with Gasteiger partial charge < -0.3 is 10.3 Å². The Morgan fingerprint density at radius 3 is 2.37 bits per heavy atom. The maximum absolute atomic E-state index is 10.9. The van der Waals surface area contributed by atoms with Crippen molar-refractivity contribution in [1.29, 1.82) is 0 Å². The molecule has 0 saturated heterocycles. The van der Waals surface area contributed by atoms with Crippen LogP contribution in [0.3, 0.4) is 0 Å². The minimum Gasteiger partial charge on any atom is -0.382 e. The molecule has 2 aromatic heterocycles. The minimum absolute atomic E-state index is 0.0899. The molecule has 0 unspecified atom stereocenters. The first-order valence-corrected chi connectivity index (χ1v) is 11.2. The largest absolute Gasteiger partial charge is 0.382 e. The summed E-state index contributed by atoms with van der Waals surface area (Å²) in [6.45, 7) is 0.898. The number of nitrogen functional groups attached to an aromatic ring is 1. The molecular formula is C19H27N5O2S. The fourth-order valence-electron chi connectivity index (χ4n) is 3.44. The average Bonchev–Trinajstić information content (AvgIpc) is 3.04. The third-order valence-electron chi connectivity index (χ3n) is 4.81. The van der Waals surface area contributed by atoms with E-state index in [0.29, 0.717) is 12.2 Å². The predicted octanol–water partition coefficient (Wildman–Crippen LogP) is 3.19. The highest BCUT2D eigenvalue weighted by Gasteiger charge is 2.11. The molecule has 8 heteroatoms. The van der Waals surface area contributed by atoms with E-state index in [9.17, 15) is 8.42 Å². The van der Waals surface area contributed by atoms with Crippen LogP contribution in [0.5, 0.6) is 0 Å². The lowest BCUT2D eigenvalue weighted by Crippen LogP contribution is -2.16. The average molecular weight is 390 g/mol. The molecule has 3 rings (SSSR count). The van der Waals surface area contributed by atoms with Crippen LogP contribution in [0.4, 0.5) is 5.82 Å². The SMILES string of the molecule is Nc1nc2ccccc2c2c1ncn2CCCCCCCCCS(N)(=O)=O. The molecule has 0 spiro atoms. The van der Waals surface area contributed by atoms with Gasteiger partial charge in [-0.3, -0.25) is 0 Å². The second-order valence-corrected chi connectivity index (χ2v) is 8.73. The second kappa shape index (κ2) is 8.67. The van der Waals surface area contributed by atoms with E-state index in [2.05, 4.69) is 20.6 Å². The number of anilines is 1. The summed E-state index contributed by atoms with van der Waals surface area (Å²) in [5.41, 5.74) is 8.78. The van der Waals surface area contributed by atoms with Gasteiger partial charge in [-0.05, 0) is 18.9 Å². The van der Waals surface area contributed by atoms with Crippen LogP contribution in [0.25, 0.3) is 21.9 Å². The van der Waals surface area contributed by atoms with Gasteiger partial charge in [0.05, 0.1) is 23.1 Å². The highest BCUT2D eigenvalue weighted by Crippen LogP contribution is 2.27. The smallest absolute Gasteiger partial charge is 0.209 e. The van der Waals surface area contributed by atoms with Gasteiger partial charge in [0.15, 0.2) is 5.82 Å². The molecule has 7 nitrogen and oxygen atoms in total. The van der Waals surface area contributed by atoms with Gasteiger partial charge in [0, 0.05) is 11.9 Å². The van der Waals surface area contributed by atoms with E-state index < -0.39 is 10.0 Å². The van der Waals surface area contributed by atoms with E-state index >= 15 is 0 Å². The number of primary sulfonamides is 1. The molecule has 0 saturated carbocycles. The first kappa shape index (κ1) is 19.6. The van der Waals surface area contributed by atoms with Crippen LogP contribution >= 0.6 is 0 Å². The molecule has 0 bridgehead atoms. The fourth-order valence-corrected chi connectivity index (χ4v) is 4.05. The second-order valence-electron chi connectivity index (χ2n) is 6.99. The maximum atomic E-state index is 10.9. The van der Waals surface area contributed by atoms with Crippen molar-refractivity contribution in [3.05, 3.63) is 30.6 Å². The molecule has 0 aliphatic rings. The summed E-state index contributed by atoms with van der Waals surface area (Å²) in [6.07, 6.45) is 8.94. The van der Waals surface area contributed by atoms with E-state index in [4.69, 9.17) is 10.9 Å². The molecule has 146 valence electrons. The van der Waals surface area contributed by atoms with Gasteiger partial charge in [0.25, 0.3) is 0 Å². The quantitative estimate of drug-likeness (QED) is 0.516. The molecule has 0 aliphatic carbocycles. The molecule has 0 aliphatic heterocycles. The Hall–Kier alpha value is -2.19. The highest BCUT2D eigenvalue weighted by atomic mass is 32.2. The van der Waals surface area contributed by atoms with E-state index in [1.54, 1.807) is 0 Å². The standard InChI is InChI=1S/C19H27N5O2S/c20-19-17-18(15-10-6-7-11-16(15)23-19)24(14-22-17)12-8-4-2-1-3-5-9-13-27(21,25)26/h6-7,10-11,14H,1-5,8-9,12-13H2,(H2,20,23)(H2,21,25,26). The summed E-state index contributed by atoms with van der Waals surface area (Å²) in [5, 5.41) is 6.08. The molecule has 4 N–H and O–H groups in total. The number of imidazole rings is 1. The lowest BCUT2D eigenvalue weighted by molar-refractivity contribution is 0.552. The number of para-hydroxylation sites is 1. The Kier molecular flexibility index (Phi) is 6.28. The van der Waals surface area contributed by atoms with Crippen molar-refractivity contribution in [2.75, 3.05) is 11.5 Å². The maximum Gasteiger partial charge on any atom is 0.209 e. The van der Waals surface area contributed by atoms with E-state index in [-0.39, 0.29) is 5.75 Å². The van der Waals surface area contributed by atoms with Crippen molar-refractivity contribution in [2.45, 2.75) is 51.5 Å². The zero-order valence-electron chi connectivity index (χ0n) is 15.5. The first-order valence-electron chi connectivity index (χ1n) is 9.45. The van der Waals surface area contributed by atoms with Crippen molar-refractivity contribution in [3.8, 4) is 0 Å². The van der Waals surface area contributed by atoms with Crippen LogP contribution in [-0.4, -0.2) is 28.7 Å². The number of nitrogens with two attached hydrogens (primary N) is 2. The van der Waals surface area contributed by atoms with E-state index in [1.165, 1.54) is 0 Å². The number of sulfonamides is 1. The van der Waals surface area contributed by atoms with E-state index in [1.807, 2.05) is 24.5 Å². The van der Waals surface area contributed by atoms with Crippen LogP contribution in [-0.2, 0) is 16.6 Å². The number of nitrogens with zero attached hydrogens (tertiary/aromatic N) is 3. The summed E-state index contributed by atoms with van der Waals surface area (Å²) in [5.74, 6) is 0.564. The number of pyridine rings is 1. The number of benzene rings is 1. The molecule has 0 atom stereocenters. The van der Waals surface area contributed by atoms with Crippen LogP contribution in [0.15, 0.2) is 30.6 Å². The fraction of sp³-hybridized carbons (Fsp3) is 0.474. The Morgan fingerprint density at radius 2 is 1.63 bits per heavy atom. The van der Waals surface area contributed by atoms with Crippen molar-refractivity contribution < 1.29 is 8.42 Å². The van der Waals surface area contributed by atoms with Crippen LogP contribution in [0, 0.1) is 0 Å². The number of aryl methyl sites for hydroxylation is 1. The van der Waals surface area contributed by atoms with Gasteiger partial charge in [-0.2, -0.15) is 0 Å². The van der Waals surface area contributed by atoms with Gasteiger partial charge in [-0.25, -0.2) is 23.5 Å². The Morgan fingerprint density at radius 1 is 0.963 bits per heavy atom. The van der Waals surface area contributed by atoms with Crippen LogP contribution in [0.2, 0.25) is 0 Å². The number of rotatable bonds is 10. The zero-order valence-corrected chi connectivity index (χ0v) is 16.3. The Labute approximate surface area is 159 Å². The number of fused-ring (bicyclic) bond motifs is 3. The number of aromatic nitrogens is 3. The van der Waals surface area contributed by atoms with Gasteiger partial charge >= 0.3 is 0 Å². The summed E-state index contributed by atoms with van der Waals surface area (Å²) < 4.78 is 23.9. The van der Waals surface area contributed by atoms with Gasteiger partial charge in [-0.15, -0.1) is 0 Å². The lowest BCUT2D eigenvalue weighted by atomic mass is 10.1. The number of unbranched alkanes of at least 4 members (excludes halogenated alkanes) is 6. The highest BCUT2D eigenvalue weighted by molar-refractivity contribution is 7.89. The van der Waals surface area contributed by atoms with Crippen molar-refractivity contribution in [1.82, 2.24) is 14.5 Å². The first-order chi connectivity index (χ1) is 13.0. The zero-order chi connectivity index (χ0) is 19.3. The normalized spacial score (nSPS) is 12.2. The van der Waals surface area contributed by atoms with Crippen LogP contribution in [0.1, 0.15) is 44.9 Å². The molecule has 27 heavy (non-hydrogen) atoms. The minimum atomic E-state index is -3.31. The Bertz CT molecular complexity index is 1010. The predicted molar refractivity (Wildman–Crippen MR) is 110 cm³/mol. The van der Waals surface area contributed by atoms with Crippen LogP contribution < -0.4 is 10.9 Å². The molecule has 0 amide bonds. The van der Waals surface area contributed by atoms with E-state index in [0.717, 1.165) is 67.0 Å². The van der Waals surface area contributed by atoms with Gasteiger partial charge in [0.2, 0.25) is 10.0 Å². The topological polar surface area (TPSA) is 117 Å². The molecule has 2 heterocycles. The van der Waals surface area contributed by atoms with Crippen molar-refractivity contribution in [2.24, 2.45) is 5.14 Å². The molecule has 0 radical (unpaired) electrons. The number of hydrogen-bond donors (Lipinski definition) is 2. The summed E-state index contributed by atoms with van der Waals surface area (Å²) in [4.78, 5) is 8.89. The summed E-state index contributed by atoms with van der Waals surface area (Å²) in [6, 6.07) is 8.00. The third-order valence-corrected chi connectivity index (χ3v) is 5.67. The molecular weight excluding hydrogens is 362 g/mol. The van der Waals surface area contributed by atoms with Gasteiger partial charge in [0.1, 0.15) is 5.52 Å². The molecule has 0 fully saturated rings. The third kappa shape index (κ3) is 5.17. The summed E-state index contributed by atoms with van der Waals surface area (Å²) in [7, 11) is -3.31. The lowest BCUT2D eigenvalue weighted by Gasteiger charge is -2.08. The number of hydrogen-bond acceptors (Lipinski definition) is 5. The van der Waals surface area contributed by atoms with Gasteiger partial charge in [-0.1, -0.05) is 50.3 Å². The molecule has 1 aromatic carbocycles. The molecule has 3 aromatic rings. The Balaban J connectivity index is 1.49. The monoisotopic (exact) mass is 389 g/mol. The van der Waals surface area contributed by atoms with Crippen molar-refractivity contribution in [3.63, 3.8) is 0 Å².